The van der Waals surface area contributed by atoms with Gasteiger partial charge in [-0.25, -0.2) is 4.39 Å². The lowest BCUT2D eigenvalue weighted by Gasteiger charge is -2.29. The van der Waals surface area contributed by atoms with E-state index in [0.29, 0.717) is 0 Å². The molecule has 0 aliphatic rings. The van der Waals surface area contributed by atoms with Crippen molar-refractivity contribution in [2.75, 3.05) is 27.2 Å². The first-order chi connectivity index (χ1) is 10.4. The van der Waals surface area contributed by atoms with E-state index in [1.54, 1.807) is 7.05 Å². The van der Waals surface area contributed by atoms with Crippen LogP contribution in [-0.2, 0) is 5.41 Å². The highest BCUT2D eigenvalue weighted by Gasteiger charge is 2.21. The lowest BCUT2D eigenvalue weighted by molar-refractivity contribution is 0.446. The summed E-state index contributed by atoms with van der Waals surface area (Å²) in [6, 6.07) is 6.70. The van der Waals surface area contributed by atoms with Crippen molar-refractivity contribution in [3.8, 4) is 0 Å². The van der Waals surface area contributed by atoms with Crippen molar-refractivity contribution in [2.24, 2.45) is 4.99 Å². The number of hydrogen-bond donors (Lipinski definition) is 1. The maximum atomic E-state index is 13.0. The van der Waals surface area contributed by atoms with Gasteiger partial charge in [0.1, 0.15) is 5.82 Å². The summed E-state index contributed by atoms with van der Waals surface area (Å²) in [6.45, 7) is 9.68. The molecule has 0 heterocycles. The Kier molecular flexibility index (Phi) is 7.09. The van der Waals surface area contributed by atoms with Gasteiger partial charge in [-0.15, -0.1) is 6.58 Å². The smallest absolute Gasteiger partial charge is 0.193 e. The van der Waals surface area contributed by atoms with Crippen LogP contribution in [0, 0.1) is 5.82 Å². The van der Waals surface area contributed by atoms with E-state index in [2.05, 4.69) is 35.6 Å². The van der Waals surface area contributed by atoms with E-state index < -0.39 is 0 Å². The van der Waals surface area contributed by atoms with Gasteiger partial charge in [0.05, 0.1) is 0 Å². The van der Waals surface area contributed by atoms with Gasteiger partial charge in [-0.05, 0) is 30.5 Å². The van der Waals surface area contributed by atoms with Gasteiger partial charge in [0.25, 0.3) is 0 Å². The quantitative estimate of drug-likeness (QED) is 0.361. The highest BCUT2D eigenvalue weighted by atomic mass is 19.1. The molecule has 0 radical (unpaired) electrons. The largest absolute Gasteiger partial charge is 0.355 e. The molecular formula is C18H28FN3. The fraction of sp³-hybridized carbons (Fsp3) is 0.500. The highest BCUT2D eigenvalue weighted by Crippen LogP contribution is 2.22. The van der Waals surface area contributed by atoms with Gasteiger partial charge in [0, 0.05) is 32.6 Å². The molecule has 0 saturated heterocycles. The van der Waals surface area contributed by atoms with Crippen molar-refractivity contribution in [3.63, 3.8) is 0 Å². The Balaban J connectivity index is 2.61. The van der Waals surface area contributed by atoms with Crippen LogP contribution in [0.2, 0.25) is 0 Å². The molecule has 0 aliphatic carbocycles. The van der Waals surface area contributed by atoms with Gasteiger partial charge in [-0.1, -0.05) is 32.1 Å². The molecule has 1 rings (SSSR count). The Morgan fingerprint density at radius 2 is 2.00 bits per heavy atom. The van der Waals surface area contributed by atoms with E-state index >= 15 is 0 Å². The Morgan fingerprint density at radius 3 is 2.55 bits per heavy atom. The molecule has 0 amide bonds. The first-order valence-corrected chi connectivity index (χ1v) is 7.69. The Hall–Kier alpha value is -1.84. The Bertz CT molecular complexity index is 492. The normalized spacial score (nSPS) is 12.1. The van der Waals surface area contributed by atoms with Crippen LogP contribution in [0.5, 0.6) is 0 Å². The molecule has 3 nitrogen and oxygen atoms in total. The number of halogens is 1. The van der Waals surface area contributed by atoms with Crippen LogP contribution in [0.3, 0.4) is 0 Å². The fourth-order valence-corrected chi connectivity index (χ4v) is 2.27. The molecule has 0 aromatic heterocycles. The van der Waals surface area contributed by atoms with Crippen LogP contribution in [0.1, 0.15) is 32.3 Å². The number of nitrogens with one attached hydrogen (secondary N) is 1. The second kappa shape index (κ2) is 8.57. The molecular weight excluding hydrogens is 277 g/mol. The topological polar surface area (TPSA) is 27.6 Å². The molecule has 0 fully saturated rings. The minimum Gasteiger partial charge on any atom is -0.355 e. The lowest BCUT2D eigenvalue weighted by Crippen LogP contribution is -2.44. The lowest BCUT2D eigenvalue weighted by atomic mass is 9.84. The fourth-order valence-electron chi connectivity index (χ4n) is 2.27. The van der Waals surface area contributed by atoms with E-state index in [1.165, 1.54) is 12.1 Å². The average molecular weight is 305 g/mol. The third-order valence-corrected chi connectivity index (χ3v) is 3.79. The SMILES string of the molecule is C=CCCCN(C)C(=NC)NCC(C)(C)c1ccc(F)cc1. The molecule has 0 atom stereocenters. The number of unbranched alkanes of at least 4 members (excludes halogenated alkanes) is 1. The maximum absolute atomic E-state index is 13.0. The number of rotatable bonds is 7. The molecule has 1 N–H and O–H groups in total. The molecule has 22 heavy (non-hydrogen) atoms. The zero-order valence-corrected chi connectivity index (χ0v) is 14.2. The van der Waals surface area contributed by atoms with Gasteiger partial charge < -0.3 is 10.2 Å². The second-order valence-corrected chi connectivity index (χ2v) is 6.14. The second-order valence-electron chi connectivity index (χ2n) is 6.14. The molecule has 0 unspecified atom stereocenters. The van der Waals surface area contributed by atoms with Crippen molar-refractivity contribution in [1.29, 1.82) is 0 Å². The van der Waals surface area contributed by atoms with Crippen molar-refractivity contribution < 1.29 is 4.39 Å². The summed E-state index contributed by atoms with van der Waals surface area (Å²) in [5.74, 6) is 0.671. The maximum Gasteiger partial charge on any atom is 0.193 e. The summed E-state index contributed by atoms with van der Waals surface area (Å²) < 4.78 is 13.0. The van der Waals surface area contributed by atoms with Gasteiger partial charge in [0.15, 0.2) is 5.96 Å². The van der Waals surface area contributed by atoms with E-state index in [1.807, 2.05) is 25.3 Å². The number of guanidine groups is 1. The monoisotopic (exact) mass is 305 g/mol. The van der Waals surface area contributed by atoms with Crippen LogP contribution in [0.25, 0.3) is 0 Å². The van der Waals surface area contributed by atoms with Crippen molar-refractivity contribution in [2.45, 2.75) is 32.1 Å². The van der Waals surface area contributed by atoms with Gasteiger partial charge in [0.2, 0.25) is 0 Å². The summed E-state index contributed by atoms with van der Waals surface area (Å²) in [7, 11) is 3.82. The van der Waals surface area contributed by atoms with Crippen molar-refractivity contribution in [1.82, 2.24) is 10.2 Å². The number of nitrogens with zero attached hydrogens (tertiary/aromatic N) is 2. The number of allylic oxidation sites excluding steroid dienone is 1. The van der Waals surface area contributed by atoms with Crippen molar-refractivity contribution in [3.05, 3.63) is 48.3 Å². The first-order valence-electron chi connectivity index (χ1n) is 7.69. The zero-order chi connectivity index (χ0) is 16.6. The Labute approximate surface area is 133 Å². The number of aliphatic imine (C=N–C) groups is 1. The third-order valence-electron chi connectivity index (χ3n) is 3.79. The molecule has 0 bridgehead atoms. The molecule has 0 aliphatic heterocycles. The summed E-state index contributed by atoms with van der Waals surface area (Å²) in [4.78, 5) is 6.44. The van der Waals surface area contributed by atoms with Crippen LogP contribution < -0.4 is 5.32 Å². The number of hydrogen-bond acceptors (Lipinski definition) is 1. The summed E-state index contributed by atoms with van der Waals surface area (Å²) in [6.07, 6.45) is 3.99. The first kappa shape index (κ1) is 18.2. The van der Waals surface area contributed by atoms with Crippen LogP contribution in [-0.4, -0.2) is 38.0 Å². The molecule has 122 valence electrons. The molecule has 1 aromatic carbocycles. The molecule has 0 spiro atoms. The zero-order valence-electron chi connectivity index (χ0n) is 14.2. The minimum absolute atomic E-state index is 0.106. The molecule has 4 heteroatoms. The van der Waals surface area contributed by atoms with E-state index in [0.717, 1.165) is 37.5 Å². The molecule has 1 aromatic rings. The van der Waals surface area contributed by atoms with E-state index in [4.69, 9.17) is 0 Å². The van der Waals surface area contributed by atoms with Crippen LogP contribution in [0.4, 0.5) is 4.39 Å². The van der Waals surface area contributed by atoms with Crippen LogP contribution in [0.15, 0.2) is 41.9 Å². The standard InChI is InChI=1S/C18H28FN3/c1-6-7-8-13-22(5)17(20-4)21-14-18(2,3)15-9-11-16(19)12-10-15/h6,9-12H,1,7-8,13-14H2,2-5H3,(H,20,21). The predicted octanol–water partition coefficient (Wildman–Crippen LogP) is 3.58. The highest BCUT2D eigenvalue weighted by molar-refractivity contribution is 5.79. The van der Waals surface area contributed by atoms with Gasteiger partial charge in [-0.3, -0.25) is 4.99 Å². The number of benzene rings is 1. The average Bonchev–Trinajstić information content (AvgIpc) is 2.48. The summed E-state index contributed by atoms with van der Waals surface area (Å²) in [5, 5.41) is 3.41. The van der Waals surface area contributed by atoms with Gasteiger partial charge in [-0.2, -0.15) is 0 Å². The Morgan fingerprint density at radius 1 is 1.36 bits per heavy atom. The summed E-state index contributed by atoms with van der Waals surface area (Å²) in [5.41, 5.74) is 0.997. The minimum atomic E-state index is -0.203. The van der Waals surface area contributed by atoms with Crippen LogP contribution >= 0.6 is 0 Å². The summed E-state index contributed by atoms with van der Waals surface area (Å²) >= 11 is 0. The molecule has 0 saturated carbocycles. The predicted molar refractivity (Wildman–Crippen MR) is 92.8 cm³/mol. The third kappa shape index (κ3) is 5.51. The van der Waals surface area contributed by atoms with E-state index in [9.17, 15) is 4.39 Å². The van der Waals surface area contributed by atoms with Gasteiger partial charge >= 0.3 is 0 Å². The van der Waals surface area contributed by atoms with Crippen molar-refractivity contribution >= 4 is 5.96 Å². The van der Waals surface area contributed by atoms with E-state index in [-0.39, 0.29) is 11.2 Å².